The molecule has 1 aliphatic heterocycles. The lowest BCUT2D eigenvalue weighted by Gasteiger charge is -2.14. The van der Waals surface area contributed by atoms with E-state index in [1.54, 1.807) is 0 Å². The van der Waals surface area contributed by atoms with Gasteiger partial charge in [0.05, 0.1) is 6.54 Å². The first-order valence-electron chi connectivity index (χ1n) is 3.38. The molecule has 0 spiro atoms. The average molecular weight is 211 g/mol. The maximum atomic E-state index is 10.3. The van der Waals surface area contributed by atoms with E-state index in [-0.39, 0.29) is 12.0 Å². The summed E-state index contributed by atoms with van der Waals surface area (Å²) in [5.41, 5.74) is 0. The second kappa shape index (κ2) is 6.59. The number of carboxylic acid groups (broad SMARTS) is 1. The number of hydrogen-bond acceptors (Lipinski definition) is 4. The average Bonchev–Trinajstić information content (AvgIpc) is 2.14. The highest BCUT2D eigenvalue weighted by molar-refractivity contribution is 8.03. The number of thioether (sulfide) groups is 2. The first-order chi connectivity index (χ1) is 5.29. The van der Waals surface area contributed by atoms with E-state index in [0.29, 0.717) is 0 Å². The van der Waals surface area contributed by atoms with Crippen molar-refractivity contribution in [3.63, 3.8) is 0 Å². The van der Waals surface area contributed by atoms with Crippen LogP contribution in [-0.2, 0) is 4.79 Å². The van der Waals surface area contributed by atoms with E-state index < -0.39 is 5.97 Å². The van der Waals surface area contributed by atoms with Gasteiger partial charge in [-0.2, -0.15) is 0 Å². The van der Waals surface area contributed by atoms with Crippen LogP contribution in [0.25, 0.3) is 0 Å². The van der Waals surface area contributed by atoms with Gasteiger partial charge in [0, 0.05) is 23.3 Å². The van der Waals surface area contributed by atoms with Gasteiger partial charge in [0.1, 0.15) is 0 Å². The van der Waals surface area contributed by atoms with Gasteiger partial charge >= 0.3 is 5.97 Å². The number of aliphatic carboxylic acids is 1. The van der Waals surface area contributed by atoms with Crippen LogP contribution in [0.15, 0.2) is 0 Å². The summed E-state index contributed by atoms with van der Waals surface area (Å²) in [5, 5.41) is 8.50. The molecule has 4 nitrogen and oxygen atoms in total. The summed E-state index contributed by atoms with van der Waals surface area (Å²) >= 11 is 3.62. The van der Waals surface area contributed by atoms with E-state index in [4.69, 9.17) is 5.11 Å². The standard InChI is InChI=1S/C6H11NO2S2.H2O/c8-6(9)3-7-4-10-1-2-11-5-7;/h1-5H2,(H,8,9);1H2. The van der Waals surface area contributed by atoms with Crippen molar-refractivity contribution in [2.75, 3.05) is 29.8 Å². The van der Waals surface area contributed by atoms with Gasteiger partial charge in [-0.15, -0.1) is 23.5 Å². The minimum Gasteiger partial charge on any atom is -0.480 e. The molecule has 0 aromatic rings. The summed E-state index contributed by atoms with van der Waals surface area (Å²) in [7, 11) is 0. The minimum absolute atomic E-state index is 0. The SMILES string of the molecule is O.O=C(O)CN1CSCCSC1. The highest BCUT2D eigenvalue weighted by Gasteiger charge is 2.11. The summed E-state index contributed by atoms with van der Waals surface area (Å²) in [6.45, 7) is 0.181. The van der Waals surface area contributed by atoms with Crippen molar-refractivity contribution < 1.29 is 15.4 Å². The smallest absolute Gasteiger partial charge is 0.317 e. The molecule has 1 fully saturated rings. The molecule has 0 aromatic heterocycles. The van der Waals surface area contributed by atoms with Gasteiger partial charge in [-0.1, -0.05) is 0 Å². The van der Waals surface area contributed by atoms with Gasteiger partial charge in [-0.3, -0.25) is 9.69 Å². The Morgan fingerprint density at radius 1 is 1.33 bits per heavy atom. The molecule has 6 heteroatoms. The molecule has 1 saturated heterocycles. The van der Waals surface area contributed by atoms with Crippen molar-refractivity contribution in [2.45, 2.75) is 0 Å². The third-order valence-electron chi connectivity index (χ3n) is 1.28. The molecule has 1 aliphatic rings. The fourth-order valence-corrected chi connectivity index (χ4v) is 3.02. The minimum atomic E-state index is -0.729. The fraction of sp³-hybridized carbons (Fsp3) is 0.833. The first-order valence-corrected chi connectivity index (χ1v) is 5.69. The molecule has 0 aromatic carbocycles. The van der Waals surface area contributed by atoms with Crippen LogP contribution in [0.2, 0.25) is 0 Å². The Bertz CT molecular complexity index is 137. The van der Waals surface area contributed by atoms with Gasteiger partial charge in [0.2, 0.25) is 0 Å². The number of nitrogens with zero attached hydrogens (tertiary/aromatic N) is 1. The quantitative estimate of drug-likeness (QED) is 0.693. The van der Waals surface area contributed by atoms with Gasteiger partial charge in [-0.25, -0.2) is 0 Å². The lowest BCUT2D eigenvalue weighted by Crippen LogP contribution is -2.28. The van der Waals surface area contributed by atoms with Crippen LogP contribution < -0.4 is 0 Å². The van der Waals surface area contributed by atoms with E-state index in [1.807, 2.05) is 28.4 Å². The number of carboxylic acids is 1. The van der Waals surface area contributed by atoms with E-state index in [0.717, 1.165) is 23.3 Å². The molecule has 0 aliphatic carbocycles. The Morgan fingerprint density at radius 3 is 2.25 bits per heavy atom. The third-order valence-corrected chi connectivity index (χ3v) is 3.62. The zero-order valence-corrected chi connectivity index (χ0v) is 8.29. The molecule has 72 valence electrons. The van der Waals surface area contributed by atoms with Gasteiger partial charge in [-0.05, 0) is 0 Å². The van der Waals surface area contributed by atoms with Crippen LogP contribution in [0.1, 0.15) is 0 Å². The van der Waals surface area contributed by atoms with Crippen molar-refractivity contribution in [1.82, 2.24) is 4.90 Å². The maximum Gasteiger partial charge on any atom is 0.317 e. The molecule has 1 heterocycles. The van der Waals surface area contributed by atoms with Gasteiger partial charge in [0.25, 0.3) is 0 Å². The Labute approximate surface area is 80.0 Å². The van der Waals surface area contributed by atoms with E-state index in [9.17, 15) is 4.79 Å². The zero-order valence-electron chi connectivity index (χ0n) is 6.65. The molecule has 0 atom stereocenters. The van der Waals surface area contributed by atoms with Crippen molar-refractivity contribution in [3.05, 3.63) is 0 Å². The normalized spacial score (nSPS) is 19.3. The highest BCUT2D eigenvalue weighted by Crippen LogP contribution is 2.16. The van der Waals surface area contributed by atoms with Crippen LogP contribution in [0.3, 0.4) is 0 Å². The first kappa shape index (κ1) is 12.1. The van der Waals surface area contributed by atoms with Crippen molar-refractivity contribution in [3.8, 4) is 0 Å². The Morgan fingerprint density at radius 2 is 1.83 bits per heavy atom. The molecule has 0 bridgehead atoms. The molecular weight excluding hydrogens is 198 g/mol. The van der Waals surface area contributed by atoms with Crippen molar-refractivity contribution in [1.29, 1.82) is 0 Å². The molecule has 3 N–H and O–H groups in total. The zero-order chi connectivity index (χ0) is 8.10. The second-order valence-electron chi connectivity index (χ2n) is 2.30. The van der Waals surface area contributed by atoms with Gasteiger partial charge in [0.15, 0.2) is 0 Å². The van der Waals surface area contributed by atoms with Crippen LogP contribution >= 0.6 is 23.5 Å². The Kier molecular flexibility index (Phi) is 6.64. The summed E-state index contributed by atoms with van der Waals surface area (Å²) < 4.78 is 0. The molecule has 0 amide bonds. The second-order valence-corrected chi connectivity index (χ2v) is 4.45. The summed E-state index contributed by atoms with van der Waals surface area (Å²) in [4.78, 5) is 12.3. The molecule has 0 radical (unpaired) electrons. The Balaban J connectivity index is 0.00000121. The van der Waals surface area contributed by atoms with Crippen molar-refractivity contribution in [2.24, 2.45) is 0 Å². The van der Waals surface area contributed by atoms with E-state index in [2.05, 4.69) is 0 Å². The van der Waals surface area contributed by atoms with Gasteiger partial charge < -0.3 is 10.6 Å². The topological polar surface area (TPSA) is 72.0 Å². The van der Waals surface area contributed by atoms with Crippen LogP contribution in [0.5, 0.6) is 0 Å². The highest BCUT2D eigenvalue weighted by atomic mass is 32.2. The maximum absolute atomic E-state index is 10.3. The number of rotatable bonds is 2. The predicted octanol–water partition coefficient (Wildman–Crippen LogP) is -0.0567. The molecule has 0 saturated carbocycles. The summed E-state index contributed by atoms with van der Waals surface area (Å²) in [5.74, 6) is 3.27. The van der Waals surface area contributed by atoms with Crippen LogP contribution in [-0.4, -0.2) is 51.3 Å². The lowest BCUT2D eigenvalue weighted by molar-refractivity contribution is -0.137. The van der Waals surface area contributed by atoms with Crippen molar-refractivity contribution >= 4 is 29.5 Å². The van der Waals surface area contributed by atoms with Crippen LogP contribution in [0.4, 0.5) is 0 Å². The molecule has 12 heavy (non-hydrogen) atoms. The molecule has 1 rings (SSSR count). The lowest BCUT2D eigenvalue weighted by atomic mass is 10.6. The predicted molar refractivity (Wildman–Crippen MR) is 52.6 cm³/mol. The third kappa shape index (κ3) is 4.87. The number of carbonyl (C=O) groups is 1. The molecular formula is C6H13NO3S2. The fourth-order valence-electron chi connectivity index (χ4n) is 0.825. The molecule has 0 unspecified atom stereocenters. The Hall–Kier alpha value is 0.0900. The number of hydrogen-bond donors (Lipinski definition) is 1. The van der Waals surface area contributed by atoms with E-state index in [1.165, 1.54) is 0 Å². The monoisotopic (exact) mass is 211 g/mol. The summed E-state index contributed by atoms with van der Waals surface area (Å²) in [6.07, 6.45) is 0. The van der Waals surface area contributed by atoms with E-state index >= 15 is 0 Å². The largest absolute Gasteiger partial charge is 0.480 e. The van der Waals surface area contributed by atoms with Crippen LogP contribution in [0, 0.1) is 0 Å². The summed E-state index contributed by atoms with van der Waals surface area (Å²) in [6, 6.07) is 0.